The second-order valence-electron chi connectivity index (χ2n) is 4.44. The maximum Gasteiger partial charge on any atom is 0.119 e. The zero-order valence-corrected chi connectivity index (χ0v) is 11.8. The van der Waals surface area contributed by atoms with Gasteiger partial charge in [-0.3, -0.25) is 0 Å². The van der Waals surface area contributed by atoms with Gasteiger partial charge in [-0.1, -0.05) is 35.5 Å². The van der Waals surface area contributed by atoms with Gasteiger partial charge in [0, 0.05) is 10.6 Å². The van der Waals surface area contributed by atoms with Gasteiger partial charge in [0.2, 0.25) is 0 Å². The Labute approximate surface area is 121 Å². The topological polar surface area (TPSA) is 36.7 Å². The summed E-state index contributed by atoms with van der Waals surface area (Å²) >= 11 is 7.62. The molecule has 0 amide bonds. The van der Waals surface area contributed by atoms with Crippen LogP contribution in [0.3, 0.4) is 0 Å². The Balaban J connectivity index is 2.02. The smallest absolute Gasteiger partial charge is 0.119 e. The van der Waals surface area contributed by atoms with Crippen LogP contribution in [0.1, 0.15) is 23.2 Å². The molecule has 0 atom stereocenters. The molecule has 1 heterocycles. The van der Waals surface area contributed by atoms with Crippen LogP contribution in [-0.2, 0) is 12.8 Å². The van der Waals surface area contributed by atoms with Crippen LogP contribution in [-0.4, -0.2) is 4.98 Å². The maximum atomic E-state index is 9.26. The zero-order valence-electron chi connectivity index (χ0n) is 10.2. The summed E-state index contributed by atoms with van der Waals surface area (Å²) in [7, 11) is 0. The van der Waals surface area contributed by atoms with E-state index in [0.717, 1.165) is 34.9 Å². The lowest BCUT2D eigenvalue weighted by molar-refractivity contribution is 0.891. The molecule has 1 aromatic carbocycles. The highest BCUT2D eigenvalue weighted by Gasteiger charge is 2.17. The van der Waals surface area contributed by atoms with Gasteiger partial charge >= 0.3 is 0 Å². The second kappa shape index (κ2) is 5.24. The second-order valence-corrected chi connectivity index (χ2v) is 5.88. The van der Waals surface area contributed by atoms with E-state index in [4.69, 9.17) is 11.6 Å². The van der Waals surface area contributed by atoms with Gasteiger partial charge < -0.3 is 0 Å². The first-order valence-corrected chi connectivity index (χ1v) is 7.32. The number of aryl methyl sites for hydroxylation is 2. The fourth-order valence-electron chi connectivity index (χ4n) is 2.24. The van der Waals surface area contributed by atoms with Crippen LogP contribution >= 0.6 is 23.4 Å². The van der Waals surface area contributed by atoms with E-state index in [1.54, 1.807) is 0 Å². The van der Waals surface area contributed by atoms with E-state index in [-0.39, 0.29) is 0 Å². The summed E-state index contributed by atoms with van der Waals surface area (Å²) in [5.41, 5.74) is 3.00. The number of nitrogens with zero attached hydrogens (tertiary/aromatic N) is 2. The predicted octanol–water partition coefficient (Wildman–Crippen LogP) is 4.25. The van der Waals surface area contributed by atoms with E-state index in [0.29, 0.717) is 10.6 Å². The number of aromatic nitrogens is 1. The molecule has 94 valence electrons. The average molecular weight is 287 g/mol. The molecular weight excluding hydrogens is 276 g/mol. The third-order valence-electron chi connectivity index (χ3n) is 3.18. The summed E-state index contributed by atoms with van der Waals surface area (Å²) < 4.78 is 0. The first-order valence-electron chi connectivity index (χ1n) is 6.13. The Bertz CT molecular complexity index is 676. The maximum absolute atomic E-state index is 9.26. The molecule has 3 rings (SSSR count). The van der Waals surface area contributed by atoms with Gasteiger partial charge in [-0.2, -0.15) is 5.26 Å². The van der Waals surface area contributed by atoms with Crippen molar-refractivity contribution in [2.75, 3.05) is 0 Å². The van der Waals surface area contributed by atoms with E-state index in [1.165, 1.54) is 17.3 Å². The van der Waals surface area contributed by atoms with E-state index in [1.807, 2.05) is 30.3 Å². The Morgan fingerprint density at radius 3 is 2.89 bits per heavy atom. The number of hydrogen-bond acceptors (Lipinski definition) is 3. The molecule has 0 aliphatic heterocycles. The van der Waals surface area contributed by atoms with Crippen LogP contribution in [0, 0.1) is 11.3 Å². The van der Waals surface area contributed by atoms with Crippen molar-refractivity contribution in [1.82, 2.24) is 4.98 Å². The average Bonchev–Trinajstić information content (AvgIpc) is 2.87. The lowest BCUT2D eigenvalue weighted by Gasteiger charge is -2.07. The molecule has 1 aliphatic carbocycles. The fraction of sp³-hybridized carbons (Fsp3) is 0.200. The normalized spacial score (nSPS) is 13.1. The monoisotopic (exact) mass is 286 g/mol. The highest BCUT2D eigenvalue weighted by atomic mass is 35.5. The Kier molecular flexibility index (Phi) is 3.46. The molecule has 0 saturated carbocycles. The molecule has 4 heteroatoms. The number of fused-ring (bicyclic) bond motifs is 1. The van der Waals surface area contributed by atoms with Crippen molar-refractivity contribution < 1.29 is 0 Å². The number of pyridine rings is 1. The van der Waals surface area contributed by atoms with Crippen molar-refractivity contribution in [3.05, 3.63) is 52.2 Å². The summed E-state index contributed by atoms with van der Waals surface area (Å²) in [6, 6.07) is 11.9. The van der Waals surface area contributed by atoms with E-state index < -0.39 is 0 Å². The van der Waals surface area contributed by atoms with Crippen LogP contribution in [0.25, 0.3) is 0 Å². The molecule has 0 saturated heterocycles. The Morgan fingerprint density at radius 2 is 2.11 bits per heavy atom. The lowest BCUT2D eigenvalue weighted by atomic mass is 10.2. The van der Waals surface area contributed by atoms with Crippen molar-refractivity contribution in [1.29, 1.82) is 5.26 Å². The lowest BCUT2D eigenvalue weighted by Crippen LogP contribution is -1.94. The molecule has 19 heavy (non-hydrogen) atoms. The number of rotatable bonds is 2. The highest BCUT2D eigenvalue weighted by Crippen LogP contribution is 2.35. The molecule has 0 N–H and O–H groups in total. The molecule has 2 aromatic rings. The molecule has 0 unspecified atom stereocenters. The van der Waals surface area contributed by atoms with Gasteiger partial charge in [0.1, 0.15) is 11.1 Å². The van der Waals surface area contributed by atoms with Crippen molar-refractivity contribution in [3.8, 4) is 6.07 Å². The molecule has 0 radical (unpaired) electrons. The Morgan fingerprint density at radius 1 is 1.26 bits per heavy atom. The van der Waals surface area contributed by atoms with E-state index in [2.05, 4.69) is 11.1 Å². The molecular formula is C15H11ClN2S. The zero-order chi connectivity index (χ0) is 13.2. The van der Waals surface area contributed by atoms with Gasteiger partial charge in [0.15, 0.2) is 0 Å². The number of benzene rings is 1. The number of halogens is 1. The summed E-state index contributed by atoms with van der Waals surface area (Å²) in [5.74, 6) is 0. The Hall–Kier alpha value is -1.50. The van der Waals surface area contributed by atoms with Crippen LogP contribution in [0.2, 0.25) is 5.02 Å². The summed E-state index contributed by atoms with van der Waals surface area (Å²) in [6.45, 7) is 0. The van der Waals surface area contributed by atoms with Crippen molar-refractivity contribution >= 4 is 23.4 Å². The van der Waals surface area contributed by atoms with Crippen LogP contribution in [0.5, 0.6) is 0 Å². The third-order valence-corrected chi connectivity index (χ3v) is 4.70. The standard InChI is InChI=1S/C15H11ClN2S/c16-12-5-1-2-7-14(12)19-15-11(9-17)8-10-4-3-6-13(10)18-15/h1-2,5,7-8H,3-4,6H2. The first kappa shape index (κ1) is 12.5. The van der Waals surface area contributed by atoms with E-state index >= 15 is 0 Å². The molecule has 0 spiro atoms. The summed E-state index contributed by atoms with van der Waals surface area (Å²) in [6.07, 6.45) is 3.18. The minimum Gasteiger partial charge on any atom is -0.244 e. The van der Waals surface area contributed by atoms with Crippen LogP contribution in [0.15, 0.2) is 40.3 Å². The largest absolute Gasteiger partial charge is 0.244 e. The quantitative estimate of drug-likeness (QED) is 0.828. The highest BCUT2D eigenvalue weighted by molar-refractivity contribution is 7.99. The van der Waals surface area contributed by atoms with Crippen molar-refractivity contribution in [2.45, 2.75) is 29.2 Å². The molecule has 2 nitrogen and oxygen atoms in total. The van der Waals surface area contributed by atoms with Crippen molar-refractivity contribution in [3.63, 3.8) is 0 Å². The van der Waals surface area contributed by atoms with Gasteiger partial charge in [-0.15, -0.1) is 0 Å². The number of nitriles is 1. The third kappa shape index (κ3) is 2.47. The first-order chi connectivity index (χ1) is 9.28. The van der Waals surface area contributed by atoms with Gasteiger partial charge in [0.25, 0.3) is 0 Å². The SMILES string of the molecule is N#Cc1cc2c(nc1Sc1ccccc1Cl)CCC2. The molecule has 0 bridgehead atoms. The predicted molar refractivity (Wildman–Crippen MR) is 76.6 cm³/mol. The van der Waals surface area contributed by atoms with Gasteiger partial charge in [-0.05, 0) is 43.0 Å². The minimum atomic E-state index is 0.644. The molecule has 1 aliphatic rings. The summed E-state index contributed by atoms with van der Waals surface area (Å²) in [5, 5.41) is 10.7. The van der Waals surface area contributed by atoms with Crippen LogP contribution < -0.4 is 0 Å². The van der Waals surface area contributed by atoms with Crippen molar-refractivity contribution in [2.24, 2.45) is 0 Å². The number of hydrogen-bond donors (Lipinski definition) is 0. The summed E-state index contributed by atoms with van der Waals surface area (Å²) in [4.78, 5) is 5.58. The fourth-order valence-corrected chi connectivity index (χ4v) is 3.38. The van der Waals surface area contributed by atoms with Gasteiger partial charge in [0.05, 0.1) is 10.6 Å². The minimum absolute atomic E-state index is 0.644. The van der Waals surface area contributed by atoms with Crippen LogP contribution in [0.4, 0.5) is 0 Å². The molecule has 0 fully saturated rings. The van der Waals surface area contributed by atoms with E-state index in [9.17, 15) is 5.26 Å². The molecule has 1 aromatic heterocycles. The van der Waals surface area contributed by atoms with Gasteiger partial charge in [-0.25, -0.2) is 4.98 Å².